The van der Waals surface area contributed by atoms with Crippen molar-refractivity contribution in [3.63, 3.8) is 0 Å². The van der Waals surface area contributed by atoms with E-state index in [0.29, 0.717) is 11.6 Å². The van der Waals surface area contributed by atoms with Gasteiger partial charge in [-0.25, -0.2) is 0 Å². The van der Waals surface area contributed by atoms with E-state index in [1.165, 1.54) is 0 Å². The lowest BCUT2D eigenvalue weighted by atomic mass is 10.0. The maximum Gasteiger partial charge on any atom is 0.238 e. The Balaban J connectivity index is 1.95. The SMILES string of the molecule is CC1(C)C(N2C(=O)CNC2c2cccc(Cl)c2)C1(C)C. The Morgan fingerprint density at radius 3 is 2.45 bits per heavy atom. The molecule has 1 unspecified atom stereocenters. The third-order valence-corrected chi connectivity index (χ3v) is 5.64. The molecule has 2 aliphatic rings. The number of carbonyl (C=O) groups excluding carboxylic acids is 1. The van der Waals surface area contributed by atoms with Crippen molar-refractivity contribution >= 4 is 17.5 Å². The molecule has 1 amide bonds. The van der Waals surface area contributed by atoms with Gasteiger partial charge in [-0.2, -0.15) is 0 Å². The number of carbonyl (C=O) groups is 1. The number of nitrogens with zero attached hydrogens (tertiary/aromatic N) is 1. The maximum atomic E-state index is 12.3. The summed E-state index contributed by atoms with van der Waals surface area (Å²) in [6, 6.07) is 8.02. The van der Waals surface area contributed by atoms with Crippen LogP contribution in [0.25, 0.3) is 0 Å². The predicted octanol–water partition coefficient (Wildman–Crippen LogP) is 3.21. The molecule has 1 aliphatic heterocycles. The van der Waals surface area contributed by atoms with Crippen LogP contribution in [0.5, 0.6) is 0 Å². The van der Waals surface area contributed by atoms with Crippen molar-refractivity contribution in [2.45, 2.75) is 39.9 Å². The number of halogens is 1. The van der Waals surface area contributed by atoms with Crippen molar-refractivity contribution in [3.05, 3.63) is 34.9 Å². The molecule has 0 radical (unpaired) electrons. The second-order valence-corrected chi connectivity index (χ2v) is 7.42. The Bertz CT molecular complexity index is 553. The number of hydrogen-bond acceptors (Lipinski definition) is 2. The van der Waals surface area contributed by atoms with Gasteiger partial charge in [-0.3, -0.25) is 10.1 Å². The van der Waals surface area contributed by atoms with Gasteiger partial charge in [-0.15, -0.1) is 0 Å². The van der Waals surface area contributed by atoms with Gasteiger partial charge >= 0.3 is 0 Å². The first kappa shape index (κ1) is 13.9. The quantitative estimate of drug-likeness (QED) is 0.908. The predicted molar refractivity (Wildman–Crippen MR) is 80.4 cm³/mol. The average molecular weight is 293 g/mol. The first-order chi connectivity index (χ1) is 9.26. The lowest BCUT2D eigenvalue weighted by molar-refractivity contribution is -0.129. The minimum atomic E-state index is -0.0627. The summed E-state index contributed by atoms with van der Waals surface area (Å²) in [5, 5.41) is 4.02. The first-order valence-corrected chi connectivity index (χ1v) is 7.44. The smallest absolute Gasteiger partial charge is 0.238 e. The number of benzene rings is 1. The van der Waals surface area contributed by atoms with E-state index in [1.54, 1.807) is 0 Å². The highest BCUT2D eigenvalue weighted by atomic mass is 35.5. The van der Waals surface area contributed by atoms with E-state index in [9.17, 15) is 4.79 Å². The molecule has 1 N–H and O–H groups in total. The van der Waals surface area contributed by atoms with Crippen LogP contribution in [0, 0.1) is 10.8 Å². The molecule has 0 spiro atoms. The van der Waals surface area contributed by atoms with Gasteiger partial charge in [0.05, 0.1) is 6.54 Å². The molecule has 4 heteroatoms. The minimum absolute atomic E-state index is 0.0627. The molecule has 20 heavy (non-hydrogen) atoms. The largest absolute Gasteiger partial charge is 0.318 e. The standard InChI is InChI=1S/C16H21ClN2O/c1-15(2)14(16(15,3)4)19-12(20)9-18-13(19)10-6-5-7-11(17)8-10/h5-8,13-14,18H,9H2,1-4H3. The third kappa shape index (κ3) is 1.80. The van der Waals surface area contributed by atoms with Crippen LogP contribution < -0.4 is 5.32 Å². The lowest BCUT2D eigenvalue weighted by Crippen LogP contribution is -2.35. The highest BCUT2D eigenvalue weighted by molar-refractivity contribution is 6.30. The van der Waals surface area contributed by atoms with Crippen molar-refractivity contribution in [1.29, 1.82) is 0 Å². The van der Waals surface area contributed by atoms with Gasteiger partial charge in [0.25, 0.3) is 0 Å². The van der Waals surface area contributed by atoms with Gasteiger partial charge in [0.15, 0.2) is 0 Å². The summed E-state index contributed by atoms with van der Waals surface area (Å²) in [5.74, 6) is 0.179. The second kappa shape index (κ2) is 4.22. The van der Waals surface area contributed by atoms with Crippen molar-refractivity contribution in [3.8, 4) is 0 Å². The molecule has 1 heterocycles. The first-order valence-electron chi connectivity index (χ1n) is 7.07. The molecule has 3 rings (SSSR count). The average Bonchev–Trinajstić information content (AvgIpc) is 2.65. The number of nitrogens with one attached hydrogen (secondary N) is 1. The Labute approximate surface area is 125 Å². The Morgan fingerprint density at radius 1 is 1.25 bits per heavy atom. The van der Waals surface area contributed by atoms with Crippen LogP contribution >= 0.6 is 11.6 Å². The Kier molecular flexibility index (Phi) is 2.93. The van der Waals surface area contributed by atoms with Crippen LogP contribution in [-0.4, -0.2) is 23.4 Å². The summed E-state index contributed by atoms with van der Waals surface area (Å²) in [4.78, 5) is 14.3. The molecule has 1 aromatic carbocycles. The normalized spacial score (nSPS) is 27.9. The minimum Gasteiger partial charge on any atom is -0.318 e. The fraction of sp³-hybridized carbons (Fsp3) is 0.562. The van der Waals surface area contributed by atoms with E-state index in [-0.39, 0.29) is 28.9 Å². The second-order valence-electron chi connectivity index (χ2n) is 6.99. The number of hydrogen-bond donors (Lipinski definition) is 1. The Hall–Kier alpha value is -1.06. The molecule has 0 bridgehead atoms. The molecular formula is C16H21ClN2O. The summed E-state index contributed by atoms with van der Waals surface area (Å²) in [6.45, 7) is 9.34. The van der Waals surface area contributed by atoms with Gasteiger partial charge in [-0.1, -0.05) is 51.4 Å². The Morgan fingerprint density at radius 2 is 1.90 bits per heavy atom. The van der Waals surface area contributed by atoms with Gasteiger partial charge in [0.2, 0.25) is 5.91 Å². The van der Waals surface area contributed by atoms with E-state index in [4.69, 9.17) is 11.6 Å². The van der Waals surface area contributed by atoms with Crippen LogP contribution in [0.1, 0.15) is 39.4 Å². The van der Waals surface area contributed by atoms with Crippen LogP contribution in [0.4, 0.5) is 0 Å². The molecule has 3 nitrogen and oxygen atoms in total. The van der Waals surface area contributed by atoms with Gasteiger partial charge in [-0.05, 0) is 28.5 Å². The summed E-state index contributed by atoms with van der Waals surface area (Å²) in [6.07, 6.45) is -0.0627. The van der Waals surface area contributed by atoms with Crippen molar-refractivity contribution < 1.29 is 4.79 Å². The summed E-state index contributed by atoms with van der Waals surface area (Å²) < 4.78 is 0. The third-order valence-electron chi connectivity index (χ3n) is 5.40. The van der Waals surface area contributed by atoms with E-state index >= 15 is 0 Å². The molecule has 1 aromatic rings. The van der Waals surface area contributed by atoms with Gasteiger partial charge in [0, 0.05) is 11.1 Å². The van der Waals surface area contributed by atoms with E-state index in [2.05, 4.69) is 33.0 Å². The highest BCUT2D eigenvalue weighted by Gasteiger charge is 2.69. The van der Waals surface area contributed by atoms with Crippen molar-refractivity contribution in [2.75, 3.05) is 6.54 Å². The fourth-order valence-corrected chi connectivity index (χ4v) is 3.82. The van der Waals surface area contributed by atoms with Crippen molar-refractivity contribution in [1.82, 2.24) is 10.2 Å². The topological polar surface area (TPSA) is 32.3 Å². The summed E-state index contributed by atoms with van der Waals surface area (Å²) in [5.41, 5.74) is 1.35. The zero-order chi connectivity index (χ0) is 14.7. The van der Waals surface area contributed by atoms with Gasteiger partial charge in [0.1, 0.15) is 6.17 Å². The summed E-state index contributed by atoms with van der Waals surface area (Å²) in [7, 11) is 0. The monoisotopic (exact) mass is 292 g/mol. The zero-order valence-corrected chi connectivity index (χ0v) is 13.2. The van der Waals surface area contributed by atoms with Crippen LogP contribution in [0.3, 0.4) is 0 Å². The van der Waals surface area contributed by atoms with Gasteiger partial charge < -0.3 is 4.90 Å². The molecule has 108 valence electrons. The van der Waals surface area contributed by atoms with Crippen LogP contribution in [-0.2, 0) is 4.79 Å². The molecule has 0 aromatic heterocycles. The molecule has 1 saturated carbocycles. The molecular weight excluding hydrogens is 272 g/mol. The van der Waals surface area contributed by atoms with Crippen LogP contribution in [0.15, 0.2) is 24.3 Å². The maximum absolute atomic E-state index is 12.3. The molecule has 2 fully saturated rings. The van der Waals surface area contributed by atoms with Crippen molar-refractivity contribution in [2.24, 2.45) is 10.8 Å². The fourth-order valence-electron chi connectivity index (χ4n) is 3.62. The summed E-state index contributed by atoms with van der Waals surface area (Å²) >= 11 is 6.08. The van der Waals surface area contributed by atoms with Crippen LogP contribution in [0.2, 0.25) is 5.02 Å². The lowest BCUT2D eigenvalue weighted by Gasteiger charge is -2.27. The molecule has 1 atom stereocenters. The van der Waals surface area contributed by atoms with E-state index < -0.39 is 0 Å². The van der Waals surface area contributed by atoms with E-state index in [1.807, 2.05) is 29.2 Å². The number of rotatable bonds is 2. The molecule has 1 aliphatic carbocycles. The zero-order valence-electron chi connectivity index (χ0n) is 12.4. The van der Waals surface area contributed by atoms with E-state index in [0.717, 1.165) is 5.56 Å². The highest BCUT2D eigenvalue weighted by Crippen LogP contribution is 2.66. The number of amides is 1. The molecule has 1 saturated heterocycles.